The third-order valence-corrected chi connectivity index (χ3v) is 4.68. The van der Waals surface area contributed by atoms with Gasteiger partial charge in [-0.25, -0.2) is 4.79 Å². The van der Waals surface area contributed by atoms with Gasteiger partial charge in [-0.3, -0.25) is 0 Å². The molecule has 1 N–H and O–H groups in total. The second kappa shape index (κ2) is 7.04. The van der Waals surface area contributed by atoms with Crippen LogP contribution in [0.25, 0.3) is 6.08 Å². The van der Waals surface area contributed by atoms with Crippen molar-refractivity contribution in [3.8, 4) is 0 Å². The molecule has 0 saturated heterocycles. The minimum absolute atomic E-state index is 0.340. The first-order valence-corrected chi connectivity index (χ1v) is 8.01. The largest absolute Gasteiger partial charge is 0.478 e. The predicted octanol–water partition coefficient (Wildman–Crippen LogP) is 4.19. The highest BCUT2D eigenvalue weighted by Gasteiger charge is 2.24. The van der Waals surface area contributed by atoms with Crippen molar-refractivity contribution in [2.45, 2.75) is 45.8 Å². The molecule has 1 aliphatic carbocycles. The maximum absolute atomic E-state index is 10.6. The smallest absolute Gasteiger partial charge is 0.328 e. The van der Waals surface area contributed by atoms with Gasteiger partial charge in [-0.2, -0.15) is 0 Å². The molecule has 2 rings (SSSR count). The second-order valence-corrected chi connectivity index (χ2v) is 6.82. The molecular weight excluding hydrogens is 272 g/mol. The fraction of sp³-hybridized carbons (Fsp3) is 0.562. The topological polar surface area (TPSA) is 46.5 Å². The molecule has 1 aliphatic rings. The highest BCUT2D eigenvalue weighted by Crippen LogP contribution is 2.31. The van der Waals surface area contributed by atoms with E-state index in [-0.39, 0.29) is 0 Å². The Morgan fingerprint density at radius 1 is 1.40 bits per heavy atom. The first kappa shape index (κ1) is 15.3. The summed E-state index contributed by atoms with van der Waals surface area (Å²) in [5.41, 5.74) is 0.953. The van der Waals surface area contributed by atoms with Crippen LogP contribution < -0.4 is 0 Å². The lowest BCUT2D eigenvalue weighted by molar-refractivity contribution is -0.131. The summed E-state index contributed by atoms with van der Waals surface area (Å²) < 4.78 is 6.04. The van der Waals surface area contributed by atoms with Crippen molar-refractivity contribution < 1.29 is 14.6 Å². The van der Waals surface area contributed by atoms with Crippen LogP contribution in [0.1, 0.15) is 43.6 Å². The molecule has 20 heavy (non-hydrogen) atoms. The summed E-state index contributed by atoms with van der Waals surface area (Å²) in [5, 5.41) is 10.7. The number of aliphatic carboxylic acids is 1. The molecule has 3 nitrogen and oxygen atoms in total. The molecule has 0 amide bonds. The van der Waals surface area contributed by atoms with Crippen molar-refractivity contribution in [3.05, 3.63) is 28.0 Å². The van der Waals surface area contributed by atoms with Crippen LogP contribution in [-0.4, -0.2) is 17.2 Å². The standard InChI is InChI=1S/C16H22O3S/c1-11-7-12(2)9-14(8-11)19-10-15-13(5-6-20-15)3-4-16(17)18/h3-6,11-12,14H,7-10H2,1-2H3,(H,17,18). The van der Waals surface area contributed by atoms with Crippen molar-refractivity contribution in [3.63, 3.8) is 0 Å². The summed E-state index contributed by atoms with van der Waals surface area (Å²) in [6, 6.07) is 1.94. The van der Waals surface area contributed by atoms with Gasteiger partial charge >= 0.3 is 5.97 Å². The fourth-order valence-electron chi connectivity index (χ4n) is 2.98. The summed E-state index contributed by atoms with van der Waals surface area (Å²) in [5.74, 6) is 0.551. The average molecular weight is 294 g/mol. The van der Waals surface area contributed by atoms with Crippen LogP contribution >= 0.6 is 11.3 Å². The summed E-state index contributed by atoms with van der Waals surface area (Å²) in [4.78, 5) is 11.7. The summed E-state index contributed by atoms with van der Waals surface area (Å²) in [6.07, 6.45) is 6.73. The number of thiophene rings is 1. The van der Waals surface area contributed by atoms with E-state index in [9.17, 15) is 4.79 Å². The van der Waals surface area contributed by atoms with Gasteiger partial charge in [-0.1, -0.05) is 13.8 Å². The van der Waals surface area contributed by atoms with Gasteiger partial charge in [0.1, 0.15) is 0 Å². The lowest BCUT2D eigenvalue weighted by Crippen LogP contribution is -2.26. The van der Waals surface area contributed by atoms with Gasteiger partial charge in [0.2, 0.25) is 0 Å². The van der Waals surface area contributed by atoms with Gasteiger partial charge in [0.05, 0.1) is 12.7 Å². The van der Waals surface area contributed by atoms with Crippen LogP contribution in [-0.2, 0) is 16.1 Å². The third-order valence-electron chi connectivity index (χ3n) is 3.77. The van der Waals surface area contributed by atoms with Gasteiger partial charge in [0.25, 0.3) is 0 Å². The fourth-order valence-corrected chi connectivity index (χ4v) is 3.77. The van der Waals surface area contributed by atoms with Crippen molar-refractivity contribution in [1.82, 2.24) is 0 Å². The van der Waals surface area contributed by atoms with Crippen molar-refractivity contribution in [2.24, 2.45) is 11.8 Å². The molecule has 0 aromatic carbocycles. The predicted molar refractivity (Wildman–Crippen MR) is 81.7 cm³/mol. The van der Waals surface area contributed by atoms with E-state index < -0.39 is 5.97 Å². The monoisotopic (exact) mass is 294 g/mol. The minimum atomic E-state index is -0.919. The maximum atomic E-state index is 10.6. The van der Waals surface area contributed by atoms with Crippen molar-refractivity contribution >= 4 is 23.4 Å². The van der Waals surface area contributed by atoms with E-state index in [1.54, 1.807) is 17.4 Å². The Morgan fingerprint density at radius 2 is 2.10 bits per heavy atom. The maximum Gasteiger partial charge on any atom is 0.328 e. The summed E-state index contributed by atoms with van der Waals surface area (Å²) in [6.45, 7) is 5.16. The highest BCUT2D eigenvalue weighted by atomic mass is 32.1. The average Bonchev–Trinajstić information content (AvgIpc) is 2.80. The van der Waals surface area contributed by atoms with E-state index in [1.165, 1.54) is 12.5 Å². The zero-order chi connectivity index (χ0) is 14.5. The SMILES string of the molecule is CC1CC(C)CC(OCc2sccc2C=CC(=O)O)C1. The van der Waals surface area contributed by atoms with Crippen LogP contribution in [0, 0.1) is 11.8 Å². The van der Waals surface area contributed by atoms with E-state index in [0.29, 0.717) is 12.7 Å². The molecule has 0 radical (unpaired) electrons. The number of hydrogen-bond acceptors (Lipinski definition) is 3. The van der Waals surface area contributed by atoms with Gasteiger partial charge in [0, 0.05) is 11.0 Å². The summed E-state index contributed by atoms with van der Waals surface area (Å²) in [7, 11) is 0. The molecule has 2 atom stereocenters. The lowest BCUT2D eigenvalue weighted by atomic mass is 9.82. The second-order valence-electron chi connectivity index (χ2n) is 5.82. The number of carboxylic acids is 1. The number of rotatable bonds is 5. The Hall–Kier alpha value is -1.13. The minimum Gasteiger partial charge on any atom is -0.478 e. The molecule has 110 valence electrons. The zero-order valence-corrected chi connectivity index (χ0v) is 12.9. The Bertz CT molecular complexity index is 468. The number of ether oxygens (including phenoxy) is 1. The Balaban J connectivity index is 1.91. The molecule has 0 bridgehead atoms. The van der Waals surface area contributed by atoms with Gasteiger partial charge in [0.15, 0.2) is 0 Å². The van der Waals surface area contributed by atoms with Gasteiger partial charge in [-0.15, -0.1) is 11.3 Å². The normalized spacial score (nSPS) is 27.0. The first-order chi connectivity index (χ1) is 9.54. The van der Waals surface area contributed by atoms with Gasteiger partial charge < -0.3 is 9.84 Å². The van der Waals surface area contributed by atoms with Crippen LogP contribution in [0.5, 0.6) is 0 Å². The number of hydrogen-bond donors (Lipinski definition) is 1. The zero-order valence-electron chi connectivity index (χ0n) is 12.0. The van der Waals surface area contributed by atoms with E-state index >= 15 is 0 Å². The van der Waals surface area contributed by atoms with Crippen molar-refractivity contribution in [2.75, 3.05) is 0 Å². The van der Waals surface area contributed by atoms with Gasteiger partial charge in [-0.05, 0) is 54.2 Å². The summed E-state index contributed by atoms with van der Waals surface area (Å²) >= 11 is 1.62. The van der Waals surface area contributed by atoms with E-state index in [0.717, 1.165) is 35.1 Å². The molecule has 0 aliphatic heterocycles. The van der Waals surface area contributed by atoms with E-state index in [1.807, 2.05) is 11.4 Å². The van der Waals surface area contributed by atoms with Crippen LogP contribution in [0.15, 0.2) is 17.5 Å². The van der Waals surface area contributed by atoms with E-state index in [4.69, 9.17) is 9.84 Å². The first-order valence-electron chi connectivity index (χ1n) is 7.13. The molecule has 1 fully saturated rings. The van der Waals surface area contributed by atoms with Crippen molar-refractivity contribution in [1.29, 1.82) is 0 Å². The highest BCUT2D eigenvalue weighted by molar-refractivity contribution is 7.10. The van der Waals surface area contributed by atoms with Crippen LogP contribution in [0.3, 0.4) is 0 Å². The Morgan fingerprint density at radius 3 is 2.75 bits per heavy atom. The third kappa shape index (κ3) is 4.46. The Kier molecular flexibility index (Phi) is 5.38. The molecule has 2 unspecified atom stereocenters. The van der Waals surface area contributed by atoms with Crippen LogP contribution in [0.4, 0.5) is 0 Å². The molecule has 1 aromatic heterocycles. The molecule has 4 heteroatoms. The number of carbonyl (C=O) groups is 1. The molecule has 1 heterocycles. The van der Waals surface area contributed by atoms with E-state index in [2.05, 4.69) is 13.8 Å². The molecule has 0 spiro atoms. The molecule has 1 aromatic rings. The molecular formula is C16H22O3S. The van der Waals surface area contributed by atoms with Crippen LogP contribution in [0.2, 0.25) is 0 Å². The Labute approximate surface area is 124 Å². The lowest BCUT2D eigenvalue weighted by Gasteiger charge is -2.31. The molecule has 1 saturated carbocycles. The quantitative estimate of drug-likeness (QED) is 0.828. The number of carboxylic acid groups (broad SMARTS) is 1.